The monoisotopic (exact) mass is 516 g/mol. The fourth-order valence-corrected chi connectivity index (χ4v) is 4.92. The number of hydrogen-bond acceptors (Lipinski definition) is 6. The van der Waals surface area contributed by atoms with Gasteiger partial charge in [-0.2, -0.15) is 4.39 Å². The molecule has 0 aliphatic rings. The van der Waals surface area contributed by atoms with Gasteiger partial charge < -0.3 is 24.7 Å². The Morgan fingerprint density at radius 3 is 2.72 bits per heavy atom. The molecule has 0 aliphatic carbocycles. The number of aliphatic hydroxyl groups is 1. The largest absolute Gasteiger partial charge is 0.453 e. The van der Waals surface area contributed by atoms with Gasteiger partial charge in [-0.05, 0) is 51.5 Å². The summed E-state index contributed by atoms with van der Waals surface area (Å²) in [7, 11) is 1.56. The number of thiophene rings is 1. The lowest BCUT2D eigenvalue weighted by Crippen LogP contribution is -2.23. The van der Waals surface area contributed by atoms with Crippen molar-refractivity contribution >= 4 is 28.1 Å². The average molecular weight is 517 g/mol. The van der Waals surface area contributed by atoms with E-state index in [-0.39, 0.29) is 39.7 Å². The smallest absolute Gasteiger partial charge is 0.281 e. The molecule has 4 aromatic heterocycles. The van der Waals surface area contributed by atoms with Crippen LogP contribution in [0.1, 0.15) is 53.8 Å². The molecule has 0 aliphatic heterocycles. The summed E-state index contributed by atoms with van der Waals surface area (Å²) >= 11 is 1.17. The number of ether oxygens (including phenoxy) is 1. The minimum atomic E-state index is -2.02. The maximum absolute atomic E-state index is 15.3. The number of pyridine rings is 2. The van der Waals surface area contributed by atoms with Gasteiger partial charge in [0.1, 0.15) is 28.5 Å². The quantitative estimate of drug-likeness (QED) is 0.336. The number of carbonyl (C=O) groups is 1. The van der Waals surface area contributed by atoms with Crippen LogP contribution in [0.4, 0.5) is 8.78 Å². The summed E-state index contributed by atoms with van der Waals surface area (Å²) in [6.45, 7) is 6.89. The lowest BCUT2D eigenvalue weighted by atomic mass is 10.1. The molecule has 1 amide bonds. The number of H-pyrrole nitrogens is 1. The number of aromatic amines is 1. The van der Waals surface area contributed by atoms with E-state index in [4.69, 9.17) is 4.74 Å². The Morgan fingerprint density at radius 1 is 1.36 bits per heavy atom. The second-order valence-corrected chi connectivity index (χ2v) is 9.99. The van der Waals surface area contributed by atoms with Crippen LogP contribution in [0.3, 0.4) is 0 Å². The molecule has 0 saturated carbocycles. The Kier molecular flexibility index (Phi) is 6.72. The Bertz CT molecular complexity index is 1520. The second kappa shape index (κ2) is 9.47. The van der Waals surface area contributed by atoms with Crippen molar-refractivity contribution in [1.29, 1.82) is 0 Å². The first-order valence-corrected chi connectivity index (χ1v) is 12.0. The third kappa shape index (κ3) is 4.76. The van der Waals surface area contributed by atoms with E-state index in [0.717, 1.165) is 12.3 Å². The maximum atomic E-state index is 15.3. The highest BCUT2D eigenvalue weighted by atomic mass is 32.1. The van der Waals surface area contributed by atoms with Crippen LogP contribution in [-0.2, 0) is 12.6 Å². The van der Waals surface area contributed by atoms with Gasteiger partial charge in [-0.1, -0.05) is 0 Å². The lowest BCUT2D eigenvalue weighted by Gasteiger charge is -2.14. The predicted molar refractivity (Wildman–Crippen MR) is 134 cm³/mol. The molecule has 8 nitrogen and oxygen atoms in total. The first kappa shape index (κ1) is 25.5. The van der Waals surface area contributed by atoms with Crippen molar-refractivity contribution in [2.75, 3.05) is 6.54 Å². The highest BCUT2D eigenvalue weighted by Crippen LogP contribution is 2.45. The topological polar surface area (TPSA) is 109 Å². The molecule has 190 valence electrons. The van der Waals surface area contributed by atoms with Crippen molar-refractivity contribution in [2.45, 2.75) is 39.7 Å². The molecule has 0 bridgehead atoms. The Balaban J connectivity index is 1.89. The molecule has 4 rings (SSSR count). The number of hydrogen-bond donors (Lipinski definition) is 3. The van der Waals surface area contributed by atoms with E-state index in [1.807, 2.05) is 0 Å². The third-order valence-corrected chi connectivity index (χ3v) is 7.09. The summed E-state index contributed by atoms with van der Waals surface area (Å²) in [5, 5.41) is 13.8. The van der Waals surface area contributed by atoms with Gasteiger partial charge in [0.05, 0.1) is 16.7 Å². The summed E-state index contributed by atoms with van der Waals surface area (Å²) in [6.07, 6.45) is 0.462. The Hall–Kier alpha value is -3.57. The Morgan fingerprint density at radius 2 is 2.08 bits per heavy atom. The van der Waals surface area contributed by atoms with Gasteiger partial charge in [-0.15, -0.1) is 11.3 Å². The number of alkyl halides is 1. The molecule has 1 unspecified atom stereocenters. The van der Waals surface area contributed by atoms with E-state index in [9.17, 15) is 19.1 Å². The number of nitrogens with one attached hydrogen (secondary N) is 2. The summed E-state index contributed by atoms with van der Waals surface area (Å²) in [5.74, 6) is -0.856. The minimum Gasteiger partial charge on any atom is -0.453 e. The van der Waals surface area contributed by atoms with Crippen LogP contribution in [0.5, 0.6) is 5.75 Å². The van der Waals surface area contributed by atoms with Crippen LogP contribution in [0, 0.1) is 12.7 Å². The first-order chi connectivity index (χ1) is 16.9. The molecule has 0 aromatic carbocycles. The standard InChI is InChI=1S/C25H26F2N4O4S/c1-6-28-23(32)16-8-14-15(11-31(5)24(33)20(14)30-16)21-17(9-18(36-21)25(3,4)34)35-22(27)19-12(2)7-13(26)10-29-19/h7-11,22,30,34H,6H2,1-5H3,(H,28,32). The number of amides is 1. The molecule has 0 spiro atoms. The number of carbonyl (C=O) groups excluding carboxylic acids is 1. The van der Waals surface area contributed by atoms with Gasteiger partial charge >= 0.3 is 0 Å². The van der Waals surface area contributed by atoms with E-state index in [0.29, 0.717) is 27.2 Å². The van der Waals surface area contributed by atoms with Crippen molar-refractivity contribution in [3.63, 3.8) is 0 Å². The second-order valence-electron chi connectivity index (χ2n) is 8.94. The van der Waals surface area contributed by atoms with E-state index in [1.54, 1.807) is 40.1 Å². The van der Waals surface area contributed by atoms with Crippen LogP contribution in [0.15, 0.2) is 35.4 Å². The molecule has 0 radical (unpaired) electrons. The van der Waals surface area contributed by atoms with Gasteiger partial charge in [0, 0.05) is 35.6 Å². The molecular weight excluding hydrogens is 490 g/mol. The van der Waals surface area contributed by atoms with Crippen LogP contribution < -0.4 is 15.6 Å². The molecule has 3 N–H and O–H groups in total. The number of aromatic nitrogens is 3. The first-order valence-electron chi connectivity index (χ1n) is 11.2. The van der Waals surface area contributed by atoms with Crippen molar-refractivity contribution in [3.05, 3.63) is 68.6 Å². The fourth-order valence-electron chi connectivity index (χ4n) is 3.80. The summed E-state index contributed by atoms with van der Waals surface area (Å²) in [4.78, 5) is 32.9. The van der Waals surface area contributed by atoms with Crippen molar-refractivity contribution in [1.82, 2.24) is 19.9 Å². The summed E-state index contributed by atoms with van der Waals surface area (Å²) in [6, 6.07) is 4.25. The van der Waals surface area contributed by atoms with Gasteiger partial charge in [-0.25, -0.2) is 4.39 Å². The minimum absolute atomic E-state index is 0.0795. The number of halogens is 2. The summed E-state index contributed by atoms with van der Waals surface area (Å²) in [5.41, 5.74) is -0.499. The number of rotatable bonds is 7. The summed E-state index contributed by atoms with van der Waals surface area (Å²) < 4.78 is 35.8. The highest BCUT2D eigenvalue weighted by Gasteiger charge is 2.28. The highest BCUT2D eigenvalue weighted by molar-refractivity contribution is 7.16. The van der Waals surface area contributed by atoms with E-state index in [2.05, 4.69) is 15.3 Å². The van der Waals surface area contributed by atoms with Crippen LogP contribution in [0.25, 0.3) is 21.3 Å². The van der Waals surface area contributed by atoms with Gasteiger partial charge in [0.25, 0.3) is 17.8 Å². The molecule has 36 heavy (non-hydrogen) atoms. The zero-order chi connectivity index (χ0) is 26.4. The molecule has 0 saturated heterocycles. The van der Waals surface area contributed by atoms with Crippen molar-refractivity contribution in [2.24, 2.45) is 7.05 Å². The molecule has 0 fully saturated rings. The average Bonchev–Trinajstić information content (AvgIpc) is 3.42. The zero-order valence-corrected chi connectivity index (χ0v) is 21.2. The van der Waals surface area contributed by atoms with Crippen LogP contribution in [-0.4, -0.2) is 32.1 Å². The molecule has 1 atom stereocenters. The maximum Gasteiger partial charge on any atom is 0.281 e. The fraction of sp³-hybridized carbons (Fsp3) is 0.320. The lowest BCUT2D eigenvalue weighted by molar-refractivity contribution is 0.0614. The van der Waals surface area contributed by atoms with E-state index in [1.165, 1.54) is 28.9 Å². The number of aryl methyl sites for hydroxylation is 2. The zero-order valence-electron chi connectivity index (χ0n) is 20.4. The van der Waals surface area contributed by atoms with Crippen LogP contribution >= 0.6 is 11.3 Å². The van der Waals surface area contributed by atoms with Gasteiger partial charge in [0.15, 0.2) is 0 Å². The number of fused-ring (bicyclic) bond motifs is 1. The predicted octanol–water partition coefficient (Wildman–Crippen LogP) is 4.46. The molecular formula is C25H26F2N4O4S. The van der Waals surface area contributed by atoms with Gasteiger partial charge in [-0.3, -0.25) is 14.6 Å². The van der Waals surface area contributed by atoms with E-state index < -0.39 is 17.8 Å². The molecule has 4 aromatic rings. The normalized spacial score (nSPS) is 12.7. The van der Waals surface area contributed by atoms with Gasteiger partial charge in [0.2, 0.25) is 0 Å². The third-order valence-electron chi connectivity index (χ3n) is 5.62. The van der Waals surface area contributed by atoms with Crippen molar-refractivity contribution < 1.29 is 23.4 Å². The van der Waals surface area contributed by atoms with E-state index >= 15 is 4.39 Å². The van der Waals surface area contributed by atoms with Crippen molar-refractivity contribution in [3.8, 4) is 16.2 Å². The SMILES string of the molecule is CCNC(=O)c1cc2c(-c3sc(C(C)(C)O)cc3OC(F)c3ncc(F)cc3C)cn(C)c(=O)c2[nH]1. The number of nitrogens with zero attached hydrogens (tertiary/aromatic N) is 2. The molecule has 4 heterocycles. The molecule has 11 heteroatoms. The Labute approximate surface area is 209 Å². The van der Waals surface area contributed by atoms with Crippen LogP contribution in [0.2, 0.25) is 0 Å².